The summed E-state index contributed by atoms with van der Waals surface area (Å²) in [6.45, 7) is 8.29. The average molecular weight is 242 g/mol. The van der Waals surface area contributed by atoms with Gasteiger partial charge in [0.2, 0.25) is 0 Å². The Morgan fingerprint density at radius 2 is 0.824 bits per heavy atom. The predicted molar refractivity (Wildman–Crippen MR) is 74.4 cm³/mol. The molecular weight excluding hydrogens is 212 g/mol. The molecule has 17 heavy (non-hydrogen) atoms. The van der Waals surface area contributed by atoms with Crippen molar-refractivity contribution in [1.29, 1.82) is 0 Å². The highest BCUT2D eigenvalue weighted by Crippen LogP contribution is 1.98. The second-order valence-corrected chi connectivity index (χ2v) is 5.61. The van der Waals surface area contributed by atoms with Crippen LogP contribution < -0.4 is 0 Å². The van der Waals surface area contributed by atoms with E-state index in [0.29, 0.717) is 0 Å². The van der Waals surface area contributed by atoms with Crippen molar-refractivity contribution in [3.05, 3.63) is 0 Å². The molecule has 0 aromatic heterocycles. The highest BCUT2D eigenvalue weighted by Gasteiger charge is 2.07. The van der Waals surface area contributed by atoms with E-state index in [0.717, 1.165) is 6.67 Å². The lowest BCUT2D eigenvalue weighted by molar-refractivity contribution is 0.175. The van der Waals surface area contributed by atoms with Crippen molar-refractivity contribution < 1.29 is 0 Å². The summed E-state index contributed by atoms with van der Waals surface area (Å²) in [6, 6.07) is 0. The standard InChI is InChI=1S/C13H30N4/c1-14-7-5-9-16(3)13-17(4)10-6-8-15(2)12-11-14/h5-13H2,1-4H3. The molecule has 102 valence electrons. The first-order chi connectivity index (χ1) is 8.08. The van der Waals surface area contributed by atoms with Crippen LogP contribution in [0.1, 0.15) is 12.8 Å². The molecule has 1 rings (SSSR count). The van der Waals surface area contributed by atoms with E-state index in [1.165, 1.54) is 52.1 Å². The molecule has 0 saturated carbocycles. The fourth-order valence-corrected chi connectivity index (χ4v) is 2.34. The lowest BCUT2D eigenvalue weighted by Gasteiger charge is -2.24. The van der Waals surface area contributed by atoms with E-state index in [9.17, 15) is 0 Å². The normalized spacial score (nSPS) is 26.1. The van der Waals surface area contributed by atoms with Crippen LogP contribution >= 0.6 is 0 Å². The summed E-state index contributed by atoms with van der Waals surface area (Å²) in [4.78, 5) is 9.75. The van der Waals surface area contributed by atoms with Gasteiger partial charge in [0, 0.05) is 26.2 Å². The van der Waals surface area contributed by atoms with Crippen LogP contribution in [-0.2, 0) is 0 Å². The minimum absolute atomic E-state index is 1.09. The van der Waals surface area contributed by atoms with Crippen LogP contribution in [0.3, 0.4) is 0 Å². The zero-order valence-electron chi connectivity index (χ0n) is 12.2. The molecule has 1 fully saturated rings. The largest absolute Gasteiger partial charge is 0.305 e. The maximum Gasteiger partial charge on any atom is 0.0500 e. The maximum absolute atomic E-state index is 2.45. The van der Waals surface area contributed by atoms with E-state index in [1.54, 1.807) is 0 Å². The van der Waals surface area contributed by atoms with E-state index >= 15 is 0 Å². The molecule has 1 heterocycles. The van der Waals surface area contributed by atoms with Crippen LogP contribution in [-0.4, -0.2) is 93.7 Å². The van der Waals surface area contributed by atoms with Gasteiger partial charge in [-0.2, -0.15) is 0 Å². The van der Waals surface area contributed by atoms with Gasteiger partial charge >= 0.3 is 0 Å². The molecule has 1 aliphatic heterocycles. The van der Waals surface area contributed by atoms with Crippen LogP contribution in [0.4, 0.5) is 0 Å². The Labute approximate surface area is 107 Å². The maximum atomic E-state index is 2.45. The van der Waals surface area contributed by atoms with Crippen molar-refractivity contribution in [2.75, 3.05) is 74.1 Å². The van der Waals surface area contributed by atoms with E-state index in [4.69, 9.17) is 0 Å². The SMILES string of the molecule is CN1CCCN(C)CN(C)CCCN(C)CC1. The first-order valence-electron chi connectivity index (χ1n) is 6.82. The summed E-state index contributed by atoms with van der Waals surface area (Å²) in [7, 11) is 8.92. The Morgan fingerprint density at radius 3 is 1.24 bits per heavy atom. The van der Waals surface area contributed by atoms with Crippen LogP contribution in [0.5, 0.6) is 0 Å². The summed E-state index contributed by atoms with van der Waals surface area (Å²) < 4.78 is 0. The monoisotopic (exact) mass is 242 g/mol. The van der Waals surface area contributed by atoms with Crippen molar-refractivity contribution >= 4 is 0 Å². The van der Waals surface area contributed by atoms with Gasteiger partial charge in [0.25, 0.3) is 0 Å². The van der Waals surface area contributed by atoms with Crippen LogP contribution in [0, 0.1) is 0 Å². The zero-order valence-corrected chi connectivity index (χ0v) is 12.2. The van der Waals surface area contributed by atoms with Gasteiger partial charge in [-0.1, -0.05) is 0 Å². The highest BCUT2D eigenvalue weighted by atomic mass is 15.3. The fraction of sp³-hybridized carbons (Fsp3) is 1.00. The van der Waals surface area contributed by atoms with Crippen LogP contribution in [0.15, 0.2) is 0 Å². The molecule has 1 aliphatic rings. The lowest BCUT2D eigenvalue weighted by Crippen LogP contribution is -2.35. The molecule has 1 saturated heterocycles. The Bertz CT molecular complexity index is 178. The van der Waals surface area contributed by atoms with Crippen molar-refractivity contribution in [2.45, 2.75) is 12.8 Å². The minimum Gasteiger partial charge on any atom is -0.305 e. The van der Waals surface area contributed by atoms with Gasteiger partial charge in [-0.3, -0.25) is 9.80 Å². The van der Waals surface area contributed by atoms with E-state index in [2.05, 4.69) is 47.8 Å². The molecular formula is C13H30N4. The second-order valence-electron chi connectivity index (χ2n) is 5.61. The summed E-state index contributed by atoms with van der Waals surface area (Å²) >= 11 is 0. The fourth-order valence-electron chi connectivity index (χ4n) is 2.34. The first-order valence-corrected chi connectivity index (χ1v) is 6.82. The van der Waals surface area contributed by atoms with Gasteiger partial charge < -0.3 is 9.80 Å². The molecule has 4 heteroatoms. The number of hydrogen-bond donors (Lipinski definition) is 0. The zero-order chi connectivity index (χ0) is 12.7. The molecule has 0 atom stereocenters. The smallest absolute Gasteiger partial charge is 0.0500 e. The molecule has 0 spiro atoms. The topological polar surface area (TPSA) is 13.0 Å². The Morgan fingerprint density at radius 1 is 0.471 bits per heavy atom. The van der Waals surface area contributed by atoms with Gasteiger partial charge in [-0.15, -0.1) is 0 Å². The number of rotatable bonds is 0. The molecule has 0 N–H and O–H groups in total. The predicted octanol–water partition coefficient (Wildman–Crippen LogP) is 0.465. The van der Waals surface area contributed by atoms with Gasteiger partial charge in [0.05, 0.1) is 6.67 Å². The second kappa shape index (κ2) is 8.03. The minimum atomic E-state index is 1.09. The first kappa shape index (κ1) is 14.9. The Hall–Kier alpha value is -0.160. The van der Waals surface area contributed by atoms with E-state index in [1.807, 2.05) is 0 Å². The van der Waals surface area contributed by atoms with Crippen molar-refractivity contribution in [3.8, 4) is 0 Å². The van der Waals surface area contributed by atoms with Crippen LogP contribution in [0.2, 0.25) is 0 Å². The van der Waals surface area contributed by atoms with Gasteiger partial charge in [-0.25, -0.2) is 0 Å². The molecule has 0 bridgehead atoms. The Balaban J connectivity index is 2.39. The third kappa shape index (κ3) is 6.99. The van der Waals surface area contributed by atoms with Gasteiger partial charge in [-0.05, 0) is 54.1 Å². The number of nitrogens with zero attached hydrogens (tertiary/aromatic N) is 4. The molecule has 0 aromatic rings. The van der Waals surface area contributed by atoms with Gasteiger partial charge in [0.1, 0.15) is 0 Å². The molecule has 0 radical (unpaired) electrons. The summed E-state index contributed by atoms with van der Waals surface area (Å²) in [6.07, 6.45) is 2.54. The summed E-state index contributed by atoms with van der Waals surface area (Å²) in [5.74, 6) is 0. The average Bonchev–Trinajstić information content (AvgIpc) is 2.26. The molecule has 0 aromatic carbocycles. The molecule has 4 nitrogen and oxygen atoms in total. The highest BCUT2D eigenvalue weighted by molar-refractivity contribution is 4.62. The molecule has 0 aliphatic carbocycles. The Kier molecular flexibility index (Phi) is 7.04. The van der Waals surface area contributed by atoms with Crippen molar-refractivity contribution in [2.24, 2.45) is 0 Å². The van der Waals surface area contributed by atoms with E-state index < -0.39 is 0 Å². The third-order valence-corrected chi connectivity index (χ3v) is 3.51. The third-order valence-electron chi connectivity index (χ3n) is 3.51. The van der Waals surface area contributed by atoms with E-state index in [-0.39, 0.29) is 0 Å². The number of hydrogen-bond acceptors (Lipinski definition) is 4. The van der Waals surface area contributed by atoms with Crippen molar-refractivity contribution in [1.82, 2.24) is 19.6 Å². The lowest BCUT2D eigenvalue weighted by atomic mass is 10.3. The van der Waals surface area contributed by atoms with Crippen molar-refractivity contribution in [3.63, 3.8) is 0 Å². The molecule has 0 unspecified atom stereocenters. The number of likely N-dealkylation sites (N-methyl/N-ethyl adjacent to an activating group) is 2. The quantitative estimate of drug-likeness (QED) is 0.612. The summed E-state index contributed by atoms with van der Waals surface area (Å²) in [5.41, 5.74) is 0. The van der Waals surface area contributed by atoms with Crippen LogP contribution in [0.25, 0.3) is 0 Å². The summed E-state index contributed by atoms with van der Waals surface area (Å²) in [5, 5.41) is 0. The van der Waals surface area contributed by atoms with Gasteiger partial charge in [0.15, 0.2) is 0 Å². The molecule has 0 amide bonds.